The average molecular weight is 275 g/mol. The van der Waals surface area contributed by atoms with Crippen LogP contribution in [-0.2, 0) is 0 Å². The summed E-state index contributed by atoms with van der Waals surface area (Å²) in [6, 6.07) is 0. The lowest BCUT2D eigenvalue weighted by atomic mass is 10.2. The molecule has 0 bridgehead atoms. The topological polar surface area (TPSA) is 4.44 Å². The lowest BCUT2D eigenvalue weighted by Crippen LogP contribution is -3.02. The van der Waals surface area contributed by atoms with Gasteiger partial charge in [0.05, 0.1) is 48.8 Å². The molecule has 0 aromatic heterocycles. The largest absolute Gasteiger partial charge is 1.00 e. The fourth-order valence-corrected chi connectivity index (χ4v) is 1.01. The van der Waals surface area contributed by atoms with E-state index in [1.165, 1.54) is 37.1 Å². The molecule has 1 N–H and O–H groups in total. The van der Waals surface area contributed by atoms with Crippen LogP contribution in [0, 0.1) is 0 Å². The second-order valence-corrected chi connectivity index (χ2v) is 5.57. The fourth-order valence-electron chi connectivity index (χ4n) is 1.01. The number of hydrogen-bond donors (Lipinski definition) is 1. The number of unbranched alkanes of at least 4 members (excludes halogenated alkanes) is 3. The molecule has 0 aromatic rings. The zero-order chi connectivity index (χ0) is 11.6. The van der Waals surface area contributed by atoms with E-state index in [1.54, 1.807) is 0 Å². The van der Waals surface area contributed by atoms with Crippen molar-refractivity contribution in [3.63, 3.8) is 0 Å². The number of nitrogens with zero attached hydrogens (tertiary/aromatic N) is 1. The van der Waals surface area contributed by atoms with Gasteiger partial charge in [-0.25, -0.2) is 0 Å². The Kier molecular flexibility index (Phi) is 24.6. The van der Waals surface area contributed by atoms with Crippen molar-refractivity contribution < 1.29 is 34.2 Å². The van der Waals surface area contributed by atoms with Gasteiger partial charge in [-0.2, -0.15) is 0 Å². The summed E-state index contributed by atoms with van der Waals surface area (Å²) in [4.78, 5) is 1.42. The number of halogens is 2. The smallest absolute Gasteiger partial charge is 0.0780 e. The third kappa shape index (κ3) is 47.0. The van der Waals surface area contributed by atoms with Crippen LogP contribution in [0.5, 0.6) is 0 Å². The lowest BCUT2D eigenvalue weighted by molar-refractivity contribution is -0.870. The SMILES string of the molecule is CCCCCC[N+](C)(C)C.C[NH+](C)C.[Cl-].[Cl-]. The first kappa shape index (κ1) is 25.4. The van der Waals surface area contributed by atoms with Gasteiger partial charge in [0.1, 0.15) is 0 Å². The molecule has 0 atom stereocenters. The Bertz CT molecular complexity index is 109. The van der Waals surface area contributed by atoms with Crippen molar-refractivity contribution in [3.05, 3.63) is 0 Å². The van der Waals surface area contributed by atoms with Gasteiger partial charge < -0.3 is 34.2 Å². The second kappa shape index (κ2) is 15.5. The first-order chi connectivity index (χ1) is 6.29. The number of nitrogens with one attached hydrogen (secondary N) is 1. The van der Waals surface area contributed by atoms with Crippen molar-refractivity contribution >= 4 is 0 Å². The standard InChI is InChI=1S/C9H22N.C3H9N.2ClH/c1-5-6-7-8-9-10(2,3)4;1-4(2)3;;/h5-9H2,1-4H3;1-3H3;2*1H/q+1;;;/p-1. The Hall–Kier alpha value is 0.500. The van der Waals surface area contributed by atoms with Crippen LogP contribution in [0.25, 0.3) is 0 Å². The first-order valence-corrected chi connectivity index (χ1v) is 5.86. The Morgan fingerprint density at radius 2 is 1.19 bits per heavy atom. The monoisotopic (exact) mass is 274 g/mol. The molecule has 0 fully saturated rings. The Morgan fingerprint density at radius 1 is 0.812 bits per heavy atom. The van der Waals surface area contributed by atoms with Crippen molar-refractivity contribution in [2.75, 3.05) is 48.8 Å². The summed E-state index contributed by atoms with van der Waals surface area (Å²) >= 11 is 0. The minimum Gasteiger partial charge on any atom is -1.00 e. The van der Waals surface area contributed by atoms with E-state index in [9.17, 15) is 0 Å². The molecular weight excluding hydrogens is 243 g/mol. The quantitative estimate of drug-likeness (QED) is 0.379. The third-order valence-corrected chi connectivity index (χ3v) is 1.68. The maximum absolute atomic E-state index is 2.26. The van der Waals surface area contributed by atoms with Crippen LogP contribution in [0.3, 0.4) is 0 Å². The second-order valence-electron chi connectivity index (χ2n) is 5.57. The molecule has 0 saturated heterocycles. The molecule has 104 valence electrons. The highest BCUT2D eigenvalue weighted by Crippen LogP contribution is 2.01. The molecule has 0 aliphatic heterocycles. The molecule has 0 aromatic carbocycles. The van der Waals surface area contributed by atoms with E-state index in [-0.39, 0.29) is 24.8 Å². The number of rotatable bonds is 5. The zero-order valence-corrected chi connectivity index (χ0v) is 13.8. The normalized spacial score (nSPS) is 9.75. The summed E-state index contributed by atoms with van der Waals surface area (Å²) < 4.78 is 1.11. The van der Waals surface area contributed by atoms with Crippen molar-refractivity contribution in [3.8, 4) is 0 Å². The van der Waals surface area contributed by atoms with Gasteiger partial charge in [-0.3, -0.25) is 0 Å². The molecule has 0 amide bonds. The Morgan fingerprint density at radius 3 is 1.44 bits per heavy atom. The molecule has 4 heteroatoms. The van der Waals surface area contributed by atoms with Crippen LogP contribution < -0.4 is 29.7 Å². The molecule has 0 heterocycles. The minimum atomic E-state index is 0. The summed E-state index contributed by atoms with van der Waals surface area (Å²) in [5, 5.41) is 0. The van der Waals surface area contributed by atoms with E-state index in [2.05, 4.69) is 49.2 Å². The van der Waals surface area contributed by atoms with Gasteiger partial charge in [-0.15, -0.1) is 0 Å². The summed E-state index contributed by atoms with van der Waals surface area (Å²) in [7, 11) is 13.0. The highest BCUT2D eigenvalue weighted by molar-refractivity contribution is 4.38. The van der Waals surface area contributed by atoms with Crippen molar-refractivity contribution in [2.45, 2.75) is 32.6 Å². The van der Waals surface area contributed by atoms with Gasteiger partial charge in [0, 0.05) is 0 Å². The molecule has 16 heavy (non-hydrogen) atoms. The number of quaternary nitrogens is 2. The van der Waals surface area contributed by atoms with Crippen LogP contribution in [0.4, 0.5) is 0 Å². The molecule has 0 rings (SSSR count). The van der Waals surface area contributed by atoms with E-state index in [0.717, 1.165) is 4.48 Å². The minimum absolute atomic E-state index is 0. The molecule has 2 nitrogen and oxygen atoms in total. The predicted octanol–water partition coefficient (Wildman–Crippen LogP) is -4.96. The maximum atomic E-state index is 2.26. The van der Waals surface area contributed by atoms with Crippen molar-refractivity contribution in [2.24, 2.45) is 0 Å². The van der Waals surface area contributed by atoms with Gasteiger partial charge in [0.2, 0.25) is 0 Å². The van der Waals surface area contributed by atoms with E-state index in [1.807, 2.05) is 0 Å². The molecule has 0 aliphatic carbocycles. The van der Waals surface area contributed by atoms with Crippen LogP contribution in [0.15, 0.2) is 0 Å². The van der Waals surface area contributed by atoms with Gasteiger partial charge in [0.15, 0.2) is 0 Å². The fraction of sp³-hybridized carbons (Fsp3) is 1.00. The van der Waals surface area contributed by atoms with Gasteiger partial charge in [-0.1, -0.05) is 19.8 Å². The number of hydrogen-bond acceptors (Lipinski definition) is 0. The average Bonchev–Trinajstić information content (AvgIpc) is 1.95. The summed E-state index contributed by atoms with van der Waals surface area (Å²) in [6.45, 7) is 3.58. The third-order valence-electron chi connectivity index (χ3n) is 1.68. The summed E-state index contributed by atoms with van der Waals surface area (Å²) in [6.07, 6.45) is 5.54. The molecule has 0 unspecified atom stereocenters. The highest BCUT2D eigenvalue weighted by Gasteiger charge is 2.04. The van der Waals surface area contributed by atoms with E-state index >= 15 is 0 Å². The molecular formula is C12H32Cl2N2. The van der Waals surface area contributed by atoms with E-state index in [0.29, 0.717) is 0 Å². The van der Waals surface area contributed by atoms with Gasteiger partial charge >= 0.3 is 0 Å². The van der Waals surface area contributed by atoms with Gasteiger partial charge in [0.25, 0.3) is 0 Å². The predicted molar refractivity (Wildman–Crippen MR) is 65.8 cm³/mol. The highest BCUT2D eigenvalue weighted by atomic mass is 35.5. The molecule has 0 saturated carbocycles. The van der Waals surface area contributed by atoms with Gasteiger partial charge in [-0.05, 0) is 12.8 Å². The Labute approximate surface area is 116 Å². The molecule has 0 radical (unpaired) electrons. The van der Waals surface area contributed by atoms with Crippen LogP contribution in [-0.4, -0.2) is 53.3 Å². The molecule has 0 aliphatic rings. The zero-order valence-electron chi connectivity index (χ0n) is 12.2. The molecule has 0 spiro atoms. The van der Waals surface area contributed by atoms with Crippen LogP contribution in [0.1, 0.15) is 32.6 Å². The van der Waals surface area contributed by atoms with Crippen molar-refractivity contribution in [1.82, 2.24) is 0 Å². The van der Waals surface area contributed by atoms with Crippen LogP contribution in [0.2, 0.25) is 0 Å². The first-order valence-electron chi connectivity index (χ1n) is 5.86. The lowest BCUT2D eigenvalue weighted by Gasteiger charge is -2.23. The summed E-state index contributed by atoms with van der Waals surface area (Å²) in [5.74, 6) is 0. The van der Waals surface area contributed by atoms with Crippen LogP contribution >= 0.6 is 0 Å². The summed E-state index contributed by atoms with van der Waals surface area (Å²) in [5.41, 5.74) is 0. The van der Waals surface area contributed by atoms with E-state index in [4.69, 9.17) is 0 Å². The Balaban J connectivity index is -0.000000105. The maximum Gasteiger partial charge on any atom is 0.0780 e. The van der Waals surface area contributed by atoms with Crippen molar-refractivity contribution in [1.29, 1.82) is 0 Å². The van der Waals surface area contributed by atoms with E-state index < -0.39 is 0 Å².